The average molecular weight is 247 g/mol. The monoisotopic (exact) mass is 247 g/mol. The molecule has 1 aromatic rings. The van der Waals surface area contributed by atoms with Crippen LogP contribution in [0.5, 0.6) is 0 Å². The highest BCUT2D eigenvalue weighted by molar-refractivity contribution is 5.58. The van der Waals surface area contributed by atoms with Crippen molar-refractivity contribution in [3.8, 4) is 6.07 Å². The maximum Gasteiger partial charge on any atom is 0.287 e. The molecule has 0 spiro atoms. The molecule has 0 aliphatic heterocycles. The van der Waals surface area contributed by atoms with Crippen molar-refractivity contribution in [1.82, 2.24) is 0 Å². The molecular weight excluding hydrogens is 234 g/mol. The van der Waals surface area contributed by atoms with Gasteiger partial charge in [0.2, 0.25) is 0 Å². The fourth-order valence-electron chi connectivity index (χ4n) is 1.76. The maximum absolute atomic E-state index is 10.6. The molecule has 2 rings (SSSR count). The molecular formula is C12H13N3O3. The summed E-state index contributed by atoms with van der Waals surface area (Å²) in [6.45, 7) is 0.396. The Bertz CT molecular complexity index is 506. The summed E-state index contributed by atoms with van der Waals surface area (Å²) in [5.74, 6) is 0.367. The molecule has 6 nitrogen and oxygen atoms in total. The minimum Gasteiger partial charge on any atom is -0.391 e. The summed E-state index contributed by atoms with van der Waals surface area (Å²) in [4.78, 5) is 10.1. The molecule has 0 aromatic heterocycles. The van der Waals surface area contributed by atoms with Crippen LogP contribution in [0.15, 0.2) is 18.2 Å². The van der Waals surface area contributed by atoms with E-state index in [1.54, 1.807) is 12.1 Å². The molecule has 1 atom stereocenters. The molecule has 2 N–H and O–H groups in total. The topological polar surface area (TPSA) is 99.2 Å². The van der Waals surface area contributed by atoms with Crippen molar-refractivity contribution >= 4 is 11.4 Å². The number of hydrogen-bond donors (Lipinski definition) is 2. The van der Waals surface area contributed by atoms with Crippen molar-refractivity contribution in [1.29, 1.82) is 5.26 Å². The van der Waals surface area contributed by atoms with Crippen LogP contribution in [0.2, 0.25) is 0 Å². The molecule has 94 valence electrons. The molecule has 1 saturated carbocycles. The second-order valence-electron chi connectivity index (χ2n) is 4.39. The van der Waals surface area contributed by atoms with Crippen LogP contribution >= 0.6 is 0 Å². The van der Waals surface area contributed by atoms with Gasteiger partial charge in [-0.25, -0.2) is 0 Å². The Kier molecular flexibility index (Phi) is 3.44. The van der Waals surface area contributed by atoms with Gasteiger partial charge in [-0.2, -0.15) is 5.26 Å². The number of rotatable bonds is 5. The summed E-state index contributed by atoms with van der Waals surface area (Å²) in [5.41, 5.74) is 0.425. The number of aliphatic hydroxyl groups excluding tert-OH is 1. The lowest BCUT2D eigenvalue weighted by atomic mass is 10.1. The molecule has 1 fully saturated rings. The highest BCUT2D eigenvalue weighted by Gasteiger charge is 2.29. The van der Waals surface area contributed by atoms with Gasteiger partial charge in [-0.1, -0.05) is 0 Å². The van der Waals surface area contributed by atoms with Gasteiger partial charge in [-0.3, -0.25) is 10.1 Å². The van der Waals surface area contributed by atoms with Crippen LogP contribution in [0.1, 0.15) is 18.4 Å². The van der Waals surface area contributed by atoms with E-state index in [1.807, 2.05) is 0 Å². The molecule has 1 unspecified atom stereocenters. The van der Waals surface area contributed by atoms with E-state index >= 15 is 0 Å². The van der Waals surface area contributed by atoms with Crippen molar-refractivity contribution < 1.29 is 10.0 Å². The number of anilines is 1. The van der Waals surface area contributed by atoms with Crippen LogP contribution in [0.4, 0.5) is 11.4 Å². The van der Waals surface area contributed by atoms with Gasteiger partial charge in [0.15, 0.2) is 0 Å². The zero-order valence-electron chi connectivity index (χ0n) is 9.67. The predicted octanol–water partition coefficient (Wildman–Crippen LogP) is 1.65. The lowest BCUT2D eigenvalue weighted by molar-refractivity contribution is -0.385. The van der Waals surface area contributed by atoms with E-state index in [2.05, 4.69) is 5.32 Å². The number of benzene rings is 1. The number of nitrogens with zero attached hydrogens (tertiary/aromatic N) is 2. The largest absolute Gasteiger partial charge is 0.391 e. The Morgan fingerprint density at radius 3 is 2.89 bits per heavy atom. The van der Waals surface area contributed by atoms with Crippen LogP contribution in [0, 0.1) is 27.4 Å². The summed E-state index contributed by atoms with van der Waals surface area (Å²) in [6, 6.07) is 6.06. The first-order valence-electron chi connectivity index (χ1n) is 5.72. The molecule has 1 aromatic carbocycles. The molecule has 1 aliphatic rings. The van der Waals surface area contributed by atoms with E-state index in [0.717, 1.165) is 12.8 Å². The number of nitriles is 1. The molecule has 0 heterocycles. The summed E-state index contributed by atoms with van der Waals surface area (Å²) in [6.07, 6.45) is 1.70. The molecule has 0 radical (unpaired) electrons. The van der Waals surface area contributed by atoms with Crippen molar-refractivity contribution in [2.24, 2.45) is 5.92 Å². The number of nitro groups is 1. The first-order valence-corrected chi connectivity index (χ1v) is 5.72. The second-order valence-corrected chi connectivity index (χ2v) is 4.39. The zero-order valence-corrected chi connectivity index (χ0v) is 9.67. The number of hydrogen-bond acceptors (Lipinski definition) is 5. The number of nitrogens with one attached hydrogen (secondary N) is 1. The van der Waals surface area contributed by atoms with Gasteiger partial charge in [0.1, 0.15) is 11.6 Å². The normalized spacial score (nSPS) is 15.8. The summed E-state index contributed by atoms with van der Waals surface area (Å²) < 4.78 is 0. The van der Waals surface area contributed by atoms with Crippen LogP contribution < -0.4 is 5.32 Å². The molecule has 0 bridgehead atoms. The Labute approximate surface area is 104 Å². The SMILES string of the molecule is N#Cc1cc(NCC(O)C2CC2)ccc1[N+](=O)[O-]. The van der Waals surface area contributed by atoms with Crippen LogP contribution in [0.25, 0.3) is 0 Å². The number of aliphatic hydroxyl groups is 1. The van der Waals surface area contributed by atoms with Crippen molar-refractivity contribution in [3.05, 3.63) is 33.9 Å². The Balaban J connectivity index is 2.05. The number of nitro benzene ring substituents is 1. The van der Waals surface area contributed by atoms with Gasteiger partial charge < -0.3 is 10.4 Å². The smallest absolute Gasteiger partial charge is 0.287 e. The highest BCUT2D eigenvalue weighted by atomic mass is 16.6. The molecule has 0 amide bonds. The minimum atomic E-state index is -0.582. The van der Waals surface area contributed by atoms with Crippen molar-refractivity contribution in [2.45, 2.75) is 18.9 Å². The van der Waals surface area contributed by atoms with E-state index in [1.165, 1.54) is 12.1 Å². The maximum atomic E-state index is 10.6. The fraction of sp³-hybridized carbons (Fsp3) is 0.417. The minimum absolute atomic E-state index is 0.0194. The van der Waals surface area contributed by atoms with Crippen molar-refractivity contribution in [3.63, 3.8) is 0 Å². The van der Waals surface area contributed by atoms with Gasteiger partial charge in [-0.05, 0) is 30.9 Å². The predicted molar refractivity (Wildman–Crippen MR) is 65.0 cm³/mol. The van der Waals surface area contributed by atoms with Crippen molar-refractivity contribution in [2.75, 3.05) is 11.9 Å². The van der Waals surface area contributed by atoms with Crippen LogP contribution in [0.3, 0.4) is 0 Å². The van der Waals surface area contributed by atoms with Gasteiger partial charge in [0.25, 0.3) is 5.69 Å². The fourth-order valence-corrected chi connectivity index (χ4v) is 1.76. The summed E-state index contributed by atoms with van der Waals surface area (Å²) in [7, 11) is 0. The zero-order chi connectivity index (χ0) is 13.1. The first-order chi connectivity index (χ1) is 8.61. The lowest BCUT2D eigenvalue weighted by Gasteiger charge is -2.11. The van der Waals surface area contributed by atoms with Crippen LogP contribution in [-0.4, -0.2) is 22.7 Å². The van der Waals surface area contributed by atoms with Crippen LogP contribution in [-0.2, 0) is 0 Å². The Morgan fingerprint density at radius 1 is 1.61 bits per heavy atom. The molecule has 0 saturated heterocycles. The third kappa shape index (κ3) is 2.76. The second kappa shape index (κ2) is 5.02. The molecule has 1 aliphatic carbocycles. The Morgan fingerprint density at radius 2 is 2.33 bits per heavy atom. The molecule has 6 heteroatoms. The van der Waals surface area contributed by atoms with Gasteiger partial charge in [-0.15, -0.1) is 0 Å². The average Bonchev–Trinajstić information content (AvgIpc) is 3.19. The van der Waals surface area contributed by atoms with E-state index in [-0.39, 0.29) is 11.3 Å². The van der Waals surface area contributed by atoms with E-state index in [0.29, 0.717) is 18.2 Å². The summed E-state index contributed by atoms with van der Waals surface area (Å²) >= 11 is 0. The van der Waals surface area contributed by atoms with Gasteiger partial charge >= 0.3 is 0 Å². The van der Waals surface area contributed by atoms with E-state index in [4.69, 9.17) is 5.26 Å². The molecule has 18 heavy (non-hydrogen) atoms. The third-order valence-electron chi connectivity index (χ3n) is 3.00. The third-order valence-corrected chi connectivity index (χ3v) is 3.00. The Hall–Kier alpha value is -2.13. The standard InChI is InChI=1S/C12H13N3O3/c13-6-9-5-10(3-4-11(9)15(17)18)14-7-12(16)8-1-2-8/h3-5,8,12,14,16H,1-2,7H2. The van der Waals surface area contributed by atoms with Gasteiger partial charge in [0.05, 0.1) is 11.0 Å². The first kappa shape index (κ1) is 12.3. The van der Waals surface area contributed by atoms with Gasteiger partial charge in [0, 0.05) is 18.3 Å². The quantitative estimate of drug-likeness (QED) is 0.608. The highest BCUT2D eigenvalue weighted by Crippen LogP contribution is 2.32. The van der Waals surface area contributed by atoms with E-state index in [9.17, 15) is 15.2 Å². The van der Waals surface area contributed by atoms with E-state index < -0.39 is 11.0 Å². The summed E-state index contributed by atoms with van der Waals surface area (Å²) in [5, 5.41) is 32.2. The lowest BCUT2D eigenvalue weighted by Crippen LogP contribution is -2.21.